The maximum atomic E-state index is 6.11. The maximum absolute atomic E-state index is 6.11. The summed E-state index contributed by atoms with van der Waals surface area (Å²) in [6.07, 6.45) is 5.11. The second kappa shape index (κ2) is 7.06. The third-order valence-corrected chi connectivity index (χ3v) is 4.06. The Morgan fingerprint density at radius 1 is 1.16 bits per heavy atom. The molecule has 2 heteroatoms. The average Bonchev–Trinajstić information content (AvgIpc) is 3.25. The summed E-state index contributed by atoms with van der Waals surface area (Å²) in [7, 11) is 0. The van der Waals surface area contributed by atoms with Gasteiger partial charge in [0.1, 0.15) is 0 Å². The minimum atomic E-state index is 0.400. The van der Waals surface area contributed by atoms with Gasteiger partial charge in [-0.1, -0.05) is 38.1 Å². The highest BCUT2D eigenvalue weighted by Gasteiger charge is 2.29. The van der Waals surface area contributed by atoms with E-state index >= 15 is 0 Å². The summed E-state index contributed by atoms with van der Waals surface area (Å²) >= 11 is 0. The minimum absolute atomic E-state index is 0.400. The van der Waals surface area contributed by atoms with Crippen LogP contribution in [0.5, 0.6) is 0 Å². The summed E-state index contributed by atoms with van der Waals surface area (Å²) in [5.41, 5.74) is 9.15. The third-order valence-electron chi connectivity index (χ3n) is 4.06. The van der Waals surface area contributed by atoms with E-state index in [1.165, 1.54) is 31.2 Å². The molecule has 0 saturated heterocycles. The van der Waals surface area contributed by atoms with Crippen molar-refractivity contribution >= 4 is 0 Å². The van der Waals surface area contributed by atoms with Gasteiger partial charge in [0.2, 0.25) is 0 Å². The number of hydrogen-bond acceptors (Lipinski definition) is 2. The van der Waals surface area contributed by atoms with Crippen molar-refractivity contribution in [2.24, 2.45) is 5.73 Å². The molecule has 2 N–H and O–H groups in total. The number of hydrogen-bond donors (Lipinski definition) is 1. The van der Waals surface area contributed by atoms with Crippen molar-refractivity contribution in [1.29, 1.82) is 0 Å². The first-order chi connectivity index (χ1) is 9.31. The lowest BCUT2D eigenvalue weighted by atomic mass is 9.95. The third kappa shape index (κ3) is 3.58. The molecule has 1 aliphatic rings. The molecule has 0 heterocycles. The molecule has 1 saturated carbocycles. The van der Waals surface area contributed by atoms with Gasteiger partial charge in [-0.2, -0.15) is 0 Å². The Morgan fingerprint density at radius 3 is 2.32 bits per heavy atom. The van der Waals surface area contributed by atoms with Gasteiger partial charge in [-0.3, -0.25) is 4.90 Å². The highest BCUT2D eigenvalue weighted by Crippen LogP contribution is 2.43. The zero-order valence-corrected chi connectivity index (χ0v) is 12.4. The standard InChI is InChI=1S/C17H28N2/c1-3-11-19(12-4-2)17(13-18)16-8-6-5-7-15(16)14-9-10-14/h5-8,14,17H,3-4,9-13,18H2,1-2H3. The van der Waals surface area contributed by atoms with Gasteiger partial charge < -0.3 is 5.73 Å². The van der Waals surface area contributed by atoms with Gasteiger partial charge in [-0.25, -0.2) is 0 Å². The molecule has 0 spiro atoms. The fourth-order valence-corrected chi connectivity index (χ4v) is 3.05. The topological polar surface area (TPSA) is 29.3 Å². The van der Waals surface area contributed by atoms with Crippen molar-refractivity contribution in [1.82, 2.24) is 4.90 Å². The van der Waals surface area contributed by atoms with Crippen LogP contribution in [0, 0.1) is 0 Å². The molecule has 1 unspecified atom stereocenters. The number of rotatable bonds is 8. The number of benzene rings is 1. The van der Waals surface area contributed by atoms with E-state index in [0.29, 0.717) is 6.04 Å². The highest BCUT2D eigenvalue weighted by molar-refractivity contribution is 5.35. The predicted octanol–water partition coefficient (Wildman–Crippen LogP) is 3.69. The summed E-state index contributed by atoms with van der Waals surface area (Å²) < 4.78 is 0. The largest absolute Gasteiger partial charge is 0.329 e. The number of nitrogens with zero attached hydrogens (tertiary/aromatic N) is 1. The van der Waals surface area contributed by atoms with Crippen LogP contribution in [0.1, 0.15) is 62.6 Å². The second-order valence-corrected chi connectivity index (χ2v) is 5.69. The van der Waals surface area contributed by atoms with Gasteiger partial charge in [-0.05, 0) is 55.8 Å². The Hall–Kier alpha value is -0.860. The monoisotopic (exact) mass is 260 g/mol. The first-order valence-electron chi connectivity index (χ1n) is 7.84. The minimum Gasteiger partial charge on any atom is -0.329 e. The van der Waals surface area contributed by atoms with Crippen LogP contribution in [0.3, 0.4) is 0 Å². The molecule has 0 amide bonds. The molecule has 19 heavy (non-hydrogen) atoms. The molecule has 106 valence electrons. The van der Waals surface area contributed by atoms with E-state index in [9.17, 15) is 0 Å². The van der Waals surface area contributed by atoms with Crippen molar-refractivity contribution in [2.75, 3.05) is 19.6 Å². The molecular weight excluding hydrogens is 232 g/mol. The van der Waals surface area contributed by atoms with E-state index in [2.05, 4.69) is 43.0 Å². The highest BCUT2D eigenvalue weighted by atomic mass is 15.2. The van der Waals surface area contributed by atoms with Gasteiger partial charge in [0.15, 0.2) is 0 Å². The molecule has 0 aliphatic heterocycles. The Labute approximate surface area is 118 Å². The Kier molecular flexibility index (Phi) is 5.41. The molecule has 1 aliphatic carbocycles. The van der Waals surface area contributed by atoms with Crippen molar-refractivity contribution < 1.29 is 0 Å². The molecule has 1 aromatic carbocycles. The molecule has 0 aromatic heterocycles. The summed E-state index contributed by atoms with van der Waals surface area (Å²) in [5.74, 6) is 0.801. The lowest BCUT2D eigenvalue weighted by Crippen LogP contribution is -2.35. The quantitative estimate of drug-likeness (QED) is 0.772. The lowest BCUT2D eigenvalue weighted by molar-refractivity contribution is 0.201. The molecule has 1 aromatic rings. The van der Waals surface area contributed by atoms with Crippen molar-refractivity contribution in [3.63, 3.8) is 0 Å². The SMILES string of the molecule is CCCN(CCC)C(CN)c1ccccc1C1CC1. The van der Waals surface area contributed by atoms with Crippen LogP contribution in [0.4, 0.5) is 0 Å². The van der Waals surface area contributed by atoms with Crippen molar-refractivity contribution in [3.8, 4) is 0 Å². The van der Waals surface area contributed by atoms with Gasteiger partial charge in [-0.15, -0.1) is 0 Å². The lowest BCUT2D eigenvalue weighted by Gasteiger charge is -2.32. The van der Waals surface area contributed by atoms with Crippen LogP contribution in [0.2, 0.25) is 0 Å². The van der Waals surface area contributed by atoms with Crippen LogP contribution in [-0.4, -0.2) is 24.5 Å². The molecule has 2 nitrogen and oxygen atoms in total. The Bertz CT molecular complexity index is 379. The van der Waals surface area contributed by atoms with E-state index in [1.54, 1.807) is 5.56 Å². The molecular formula is C17H28N2. The molecule has 0 radical (unpaired) electrons. The summed E-state index contributed by atoms with van der Waals surface area (Å²) in [6.45, 7) is 7.53. The van der Waals surface area contributed by atoms with E-state index < -0.39 is 0 Å². The summed E-state index contributed by atoms with van der Waals surface area (Å²) in [6, 6.07) is 9.35. The Balaban J connectivity index is 2.24. The van der Waals surface area contributed by atoms with Crippen LogP contribution in [0.15, 0.2) is 24.3 Å². The first kappa shape index (κ1) is 14.5. The van der Waals surface area contributed by atoms with Gasteiger partial charge in [0.05, 0.1) is 0 Å². The summed E-state index contributed by atoms with van der Waals surface area (Å²) in [5, 5.41) is 0. The number of nitrogens with two attached hydrogens (primary N) is 1. The summed E-state index contributed by atoms with van der Waals surface area (Å²) in [4.78, 5) is 2.57. The van der Waals surface area contributed by atoms with Crippen molar-refractivity contribution in [2.45, 2.75) is 51.5 Å². The van der Waals surface area contributed by atoms with Gasteiger partial charge in [0, 0.05) is 12.6 Å². The molecule has 1 fully saturated rings. The average molecular weight is 260 g/mol. The fourth-order valence-electron chi connectivity index (χ4n) is 3.05. The molecule has 2 rings (SSSR count). The molecule has 1 atom stereocenters. The van der Waals surface area contributed by atoms with Crippen LogP contribution in [0.25, 0.3) is 0 Å². The first-order valence-corrected chi connectivity index (χ1v) is 7.84. The zero-order chi connectivity index (χ0) is 13.7. The maximum Gasteiger partial charge on any atom is 0.0473 e. The normalized spacial score (nSPS) is 16.8. The fraction of sp³-hybridized carbons (Fsp3) is 0.647. The molecule has 0 bridgehead atoms. The van der Waals surface area contributed by atoms with E-state index in [0.717, 1.165) is 25.6 Å². The zero-order valence-electron chi connectivity index (χ0n) is 12.4. The van der Waals surface area contributed by atoms with Gasteiger partial charge >= 0.3 is 0 Å². The van der Waals surface area contributed by atoms with Gasteiger partial charge in [0.25, 0.3) is 0 Å². The smallest absolute Gasteiger partial charge is 0.0473 e. The Morgan fingerprint density at radius 2 is 1.79 bits per heavy atom. The predicted molar refractivity (Wildman–Crippen MR) is 82.4 cm³/mol. The van der Waals surface area contributed by atoms with E-state index in [4.69, 9.17) is 5.73 Å². The van der Waals surface area contributed by atoms with Crippen LogP contribution >= 0.6 is 0 Å². The van der Waals surface area contributed by atoms with Crippen LogP contribution in [-0.2, 0) is 0 Å². The van der Waals surface area contributed by atoms with Crippen LogP contribution < -0.4 is 5.73 Å². The van der Waals surface area contributed by atoms with Crippen molar-refractivity contribution in [3.05, 3.63) is 35.4 Å². The van der Waals surface area contributed by atoms with E-state index in [-0.39, 0.29) is 0 Å². The second-order valence-electron chi connectivity index (χ2n) is 5.69. The van der Waals surface area contributed by atoms with E-state index in [1.807, 2.05) is 0 Å².